The number of para-hydroxylation sites is 1. The molecular formula is C22H29N3O2. The Morgan fingerprint density at radius 3 is 2.78 bits per heavy atom. The van der Waals surface area contributed by atoms with Crippen molar-refractivity contribution < 1.29 is 9.90 Å². The fraction of sp³-hybridized carbons (Fsp3) is 0.545. The van der Waals surface area contributed by atoms with Crippen molar-refractivity contribution in [2.45, 2.75) is 32.3 Å². The zero-order valence-electron chi connectivity index (χ0n) is 16.1. The molecule has 2 aliphatic rings. The highest BCUT2D eigenvalue weighted by Gasteiger charge is 2.34. The van der Waals surface area contributed by atoms with Gasteiger partial charge in [-0.25, -0.2) is 0 Å². The Labute approximate surface area is 161 Å². The molecule has 4 rings (SSSR count). The third-order valence-corrected chi connectivity index (χ3v) is 6.22. The third-order valence-electron chi connectivity index (χ3n) is 6.22. The average molecular weight is 367 g/mol. The highest BCUT2D eigenvalue weighted by Crippen LogP contribution is 2.26. The molecule has 1 N–H and O–H groups in total. The number of rotatable bonds is 4. The summed E-state index contributed by atoms with van der Waals surface area (Å²) in [6, 6.07) is 10.1. The van der Waals surface area contributed by atoms with Gasteiger partial charge in [0.05, 0.1) is 18.2 Å². The summed E-state index contributed by atoms with van der Waals surface area (Å²) in [7, 11) is 0. The summed E-state index contributed by atoms with van der Waals surface area (Å²) < 4.78 is 0. The van der Waals surface area contributed by atoms with E-state index < -0.39 is 6.10 Å². The van der Waals surface area contributed by atoms with Gasteiger partial charge in [-0.3, -0.25) is 14.7 Å². The third kappa shape index (κ3) is 4.14. The Bertz CT molecular complexity index is 796. The molecule has 0 saturated carbocycles. The number of pyridine rings is 1. The standard InChI is InChI=1S/C22H29N3O2/c1-16-7-10-24(11-8-16)15-22(27)25-13-18(21(26)14-25)12-17-6-9-23-20-5-3-2-4-19(17)20/h2-6,9,16,18,21,26H,7-8,10-15H2,1H3/t18-,21-/m1/s1. The number of hydrogen-bond donors (Lipinski definition) is 1. The maximum atomic E-state index is 12.7. The number of likely N-dealkylation sites (tertiary alicyclic amines) is 2. The summed E-state index contributed by atoms with van der Waals surface area (Å²) in [6.45, 7) is 5.89. The molecule has 2 aliphatic heterocycles. The van der Waals surface area contributed by atoms with Crippen LogP contribution in [0.4, 0.5) is 0 Å². The van der Waals surface area contributed by atoms with Gasteiger partial charge in [0.25, 0.3) is 0 Å². The van der Waals surface area contributed by atoms with E-state index in [1.165, 1.54) is 18.4 Å². The van der Waals surface area contributed by atoms with E-state index in [0.717, 1.165) is 36.3 Å². The molecule has 2 aromatic rings. The minimum absolute atomic E-state index is 0.0844. The Hall–Kier alpha value is -1.98. The minimum Gasteiger partial charge on any atom is -0.391 e. The Morgan fingerprint density at radius 2 is 1.96 bits per heavy atom. The fourth-order valence-electron chi connectivity index (χ4n) is 4.39. The molecule has 2 saturated heterocycles. The molecule has 0 radical (unpaired) electrons. The number of benzene rings is 1. The van der Waals surface area contributed by atoms with Gasteiger partial charge in [-0.2, -0.15) is 0 Å². The second-order valence-corrected chi connectivity index (χ2v) is 8.28. The largest absolute Gasteiger partial charge is 0.391 e. The summed E-state index contributed by atoms with van der Waals surface area (Å²) in [5.74, 6) is 1.01. The normalized spacial score (nSPS) is 24.6. The molecule has 3 heterocycles. The lowest BCUT2D eigenvalue weighted by Gasteiger charge is -2.30. The number of nitrogens with zero attached hydrogens (tertiary/aromatic N) is 3. The van der Waals surface area contributed by atoms with Crippen molar-refractivity contribution in [1.29, 1.82) is 0 Å². The van der Waals surface area contributed by atoms with Crippen molar-refractivity contribution in [3.8, 4) is 0 Å². The lowest BCUT2D eigenvalue weighted by molar-refractivity contribution is -0.132. The first-order chi connectivity index (χ1) is 13.1. The van der Waals surface area contributed by atoms with Gasteiger partial charge in [0.1, 0.15) is 0 Å². The predicted octanol–water partition coefficient (Wildman–Crippen LogP) is 2.33. The van der Waals surface area contributed by atoms with Crippen LogP contribution in [0.2, 0.25) is 0 Å². The summed E-state index contributed by atoms with van der Waals surface area (Å²) in [6.07, 6.45) is 4.50. The highest BCUT2D eigenvalue weighted by atomic mass is 16.3. The molecule has 0 spiro atoms. The molecule has 2 atom stereocenters. The van der Waals surface area contributed by atoms with Crippen LogP contribution in [0.15, 0.2) is 36.5 Å². The lowest BCUT2D eigenvalue weighted by atomic mass is 9.94. The van der Waals surface area contributed by atoms with Gasteiger partial charge < -0.3 is 10.0 Å². The van der Waals surface area contributed by atoms with Crippen LogP contribution in [0, 0.1) is 11.8 Å². The topological polar surface area (TPSA) is 56.7 Å². The first kappa shape index (κ1) is 18.4. The monoisotopic (exact) mass is 367 g/mol. The average Bonchev–Trinajstić information content (AvgIpc) is 3.05. The smallest absolute Gasteiger partial charge is 0.236 e. The first-order valence-electron chi connectivity index (χ1n) is 10.1. The summed E-state index contributed by atoms with van der Waals surface area (Å²) >= 11 is 0. The summed E-state index contributed by atoms with van der Waals surface area (Å²) in [5.41, 5.74) is 2.18. The number of amides is 1. The van der Waals surface area contributed by atoms with Crippen LogP contribution >= 0.6 is 0 Å². The summed E-state index contributed by atoms with van der Waals surface area (Å²) in [4.78, 5) is 21.3. The zero-order chi connectivity index (χ0) is 18.8. The van der Waals surface area contributed by atoms with Crippen LogP contribution in [-0.2, 0) is 11.2 Å². The maximum Gasteiger partial charge on any atom is 0.236 e. The number of aliphatic hydroxyl groups excluding tert-OH is 1. The van der Waals surface area contributed by atoms with E-state index in [0.29, 0.717) is 19.6 Å². The second kappa shape index (κ2) is 7.95. The molecule has 2 fully saturated rings. The maximum absolute atomic E-state index is 12.7. The number of aromatic nitrogens is 1. The molecular weight excluding hydrogens is 338 g/mol. The number of β-amino-alcohol motifs (C(OH)–C–C–N with tert-alkyl or cyclic N) is 1. The van der Waals surface area contributed by atoms with Crippen molar-refractivity contribution >= 4 is 16.8 Å². The Morgan fingerprint density at radius 1 is 1.19 bits per heavy atom. The van der Waals surface area contributed by atoms with Crippen molar-refractivity contribution in [1.82, 2.24) is 14.8 Å². The fourth-order valence-corrected chi connectivity index (χ4v) is 4.39. The molecule has 1 aromatic heterocycles. The molecule has 27 heavy (non-hydrogen) atoms. The summed E-state index contributed by atoms with van der Waals surface area (Å²) in [5, 5.41) is 11.7. The van der Waals surface area contributed by atoms with Crippen molar-refractivity contribution in [2.24, 2.45) is 11.8 Å². The van der Waals surface area contributed by atoms with Crippen LogP contribution in [-0.4, -0.2) is 64.6 Å². The molecule has 1 aromatic carbocycles. The minimum atomic E-state index is -0.456. The molecule has 144 valence electrons. The highest BCUT2D eigenvalue weighted by molar-refractivity contribution is 5.82. The number of fused-ring (bicyclic) bond motifs is 1. The van der Waals surface area contributed by atoms with Gasteiger partial charge in [-0.15, -0.1) is 0 Å². The van der Waals surface area contributed by atoms with E-state index in [2.05, 4.69) is 22.9 Å². The zero-order valence-corrected chi connectivity index (χ0v) is 16.1. The van der Waals surface area contributed by atoms with Crippen LogP contribution in [0.5, 0.6) is 0 Å². The van der Waals surface area contributed by atoms with Crippen molar-refractivity contribution in [2.75, 3.05) is 32.7 Å². The van der Waals surface area contributed by atoms with Crippen LogP contribution < -0.4 is 0 Å². The van der Waals surface area contributed by atoms with Gasteiger partial charge in [0, 0.05) is 30.6 Å². The van der Waals surface area contributed by atoms with E-state index in [1.807, 2.05) is 35.4 Å². The number of hydrogen-bond acceptors (Lipinski definition) is 4. The van der Waals surface area contributed by atoms with Gasteiger partial charge in [0.2, 0.25) is 5.91 Å². The number of carbonyl (C=O) groups is 1. The molecule has 0 unspecified atom stereocenters. The van der Waals surface area contributed by atoms with E-state index >= 15 is 0 Å². The Balaban J connectivity index is 1.38. The number of carbonyl (C=O) groups excluding carboxylic acids is 1. The molecule has 0 bridgehead atoms. The van der Waals surface area contributed by atoms with E-state index in [1.54, 1.807) is 0 Å². The van der Waals surface area contributed by atoms with E-state index in [9.17, 15) is 9.90 Å². The number of aliphatic hydroxyl groups is 1. The lowest BCUT2D eigenvalue weighted by Crippen LogP contribution is -2.42. The van der Waals surface area contributed by atoms with Gasteiger partial charge >= 0.3 is 0 Å². The second-order valence-electron chi connectivity index (χ2n) is 8.28. The van der Waals surface area contributed by atoms with Gasteiger partial charge in [0.15, 0.2) is 0 Å². The Kier molecular flexibility index (Phi) is 5.41. The van der Waals surface area contributed by atoms with Crippen molar-refractivity contribution in [3.63, 3.8) is 0 Å². The molecule has 0 aliphatic carbocycles. The van der Waals surface area contributed by atoms with E-state index in [-0.39, 0.29) is 11.8 Å². The SMILES string of the molecule is CC1CCN(CC(=O)N2C[C@@H](Cc3ccnc4ccccc34)[C@H](O)C2)CC1. The molecule has 1 amide bonds. The molecule has 5 heteroatoms. The first-order valence-corrected chi connectivity index (χ1v) is 10.1. The van der Waals surface area contributed by atoms with Crippen LogP contribution in [0.1, 0.15) is 25.3 Å². The number of piperidine rings is 1. The predicted molar refractivity (Wildman–Crippen MR) is 106 cm³/mol. The van der Waals surface area contributed by atoms with E-state index in [4.69, 9.17) is 0 Å². The van der Waals surface area contributed by atoms with Gasteiger partial charge in [-0.05, 0) is 56.0 Å². The quantitative estimate of drug-likeness (QED) is 0.901. The van der Waals surface area contributed by atoms with Crippen molar-refractivity contribution in [3.05, 3.63) is 42.1 Å². The van der Waals surface area contributed by atoms with Crippen LogP contribution in [0.3, 0.4) is 0 Å². The van der Waals surface area contributed by atoms with Gasteiger partial charge in [-0.1, -0.05) is 25.1 Å². The van der Waals surface area contributed by atoms with Crippen LogP contribution in [0.25, 0.3) is 10.9 Å². The molecule has 5 nitrogen and oxygen atoms in total.